The third kappa shape index (κ3) is 5.11. The van der Waals surface area contributed by atoms with Gasteiger partial charge in [-0.1, -0.05) is 32.4 Å². The first kappa shape index (κ1) is 26.5. The van der Waals surface area contributed by atoms with Crippen LogP contribution >= 0.6 is 11.6 Å². The largest absolute Gasteiger partial charge is 0.338 e. The van der Waals surface area contributed by atoms with Gasteiger partial charge in [0.1, 0.15) is 17.7 Å². The molecule has 1 aromatic heterocycles. The Balaban J connectivity index is 1.73. The van der Waals surface area contributed by atoms with Crippen molar-refractivity contribution in [2.24, 2.45) is 5.41 Å². The van der Waals surface area contributed by atoms with Gasteiger partial charge in [0.15, 0.2) is 5.69 Å². The van der Waals surface area contributed by atoms with E-state index in [9.17, 15) is 18.4 Å². The molecular weight excluding hydrogens is 495 g/mol. The smallest absolute Gasteiger partial charge is 0.282 e. The number of fused-ring (bicyclic) bond motifs is 1. The molecule has 36 heavy (non-hydrogen) atoms. The van der Waals surface area contributed by atoms with E-state index in [1.165, 1.54) is 12.1 Å². The quantitative estimate of drug-likeness (QED) is 0.652. The van der Waals surface area contributed by atoms with Crippen LogP contribution in [0.15, 0.2) is 12.1 Å². The molecule has 1 fully saturated rings. The van der Waals surface area contributed by atoms with Crippen LogP contribution in [-0.2, 0) is 17.9 Å². The van der Waals surface area contributed by atoms with Gasteiger partial charge in [0.2, 0.25) is 5.91 Å². The Morgan fingerprint density at radius 1 is 1.19 bits per heavy atom. The summed E-state index contributed by atoms with van der Waals surface area (Å²) in [5.41, 5.74) is 0.688. The van der Waals surface area contributed by atoms with Crippen molar-refractivity contribution in [3.05, 3.63) is 39.9 Å². The summed E-state index contributed by atoms with van der Waals surface area (Å²) in [4.78, 5) is 34.2. The molecule has 11 heteroatoms. The Morgan fingerprint density at radius 2 is 1.86 bits per heavy atom. The molecule has 1 N–H and O–H groups in total. The second kappa shape index (κ2) is 9.37. The summed E-state index contributed by atoms with van der Waals surface area (Å²) in [5.74, 6) is -4.32. The van der Waals surface area contributed by atoms with Gasteiger partial charge >= 0.3 is 0 Å². The summed E-state index contributed by atoms with van der Waals surface area (Å²) >= 11 is 6.28. The molecule has 2 aliphatic rings. The Bertz CT molecular complexity index is 1200. The third-order valence-electron chi connectivity index (χ3n) is 6.66. The van der Waals surface area contributed by atoms with Crippen molar-refractivity contribution in [3.8, 4) is 11.4 Å². The number of likely N-dealkylation sites (tertiary alicyclic amines) is 1. The van der Waals surface area contributed by atoms with Crippen LogP contribution in [0.2, 0.25) is 5.02 Å². The molecule has 2 amide bonds. The molecule has 2 aliphatic heterocycles. The number of hydrogen-bond donors (Lipinski definition) is 1. The van der Waals surface area contributed by atoms with Crippen LogP contribution in [0.3, 0.4) is 0 Å². The van der Waals surface area contributed by atoms with Gasteiger partial charge in [-0.25, -0.2) is 18.2 Å². The number of carbonyl (C=O) groups excluding carboxylic acids is 2. The Kier molecular flexibility index (Phi) is 6.89. The Hall–Kier alpha value is -2.59. The van der Waals surface area contributed by atoms with Crippen molar-refractivity contribution in [2.75, 3.05) is 26.7 Å². The predicted molar refractivity (Wildman–Crippen MR) is 131 cm³/mol. The highest BCUT2D eigenvalue weighted by Crippen LogP contribution is 2.33. The van der Waals surface area contributed by atoms with E-state index in [1.807, 2.05) is 16.5 Å². The highest BCUT2D eigenvalue weighted by Gasteiger charge is 2.49. The monoisotopic (exact) mass is 525 g/mol. The van der Waals surface area contributed by atoms with E-state index in [0.717, 1.165) is 17.9 Å². The molecule has 196 valence electrons. The maximum atomic E-state index is 15.0. The van der Waals surface area contributed by atoms with E-state index >= 15 is 4.39 Å². The van der Waals surface area contributed by atoms with Crippen LogP contribution in [0.4, 0.5) is 13.2 Å². The zero-order valence-corrected chi connectivity index (χ0v) is 21.8. The molecule has 4 rings (SSSR count). The van der Waals surface area contributed by atoms with Crippen LogP contribution in [0, 0.1) is 18.2 Å². The summed E-state index contributed by atoms with van der Waals surface area (Å²) in [6.07, 6.45) is 0.765. The molecule has 0 spiro atoms. The number of halogens is 4. The first-order valence-corrected chi connectivity index (χ1v) is 12.3. The molecule has 1 aromatic carbocycles. The SMILES string of the molecule is Cc1cc(F)c(-c2nc(C(=O)N[C@H](C(=O)N3CC(F)(F)C3)C(C)(C)C)c3n2CCCN(C)C3)cc1Cl. The van der Waals surface area contributed by atoms with Gasteiger partial charge in [-0.15, -0.1) is 0 Å². The number of nitrogens with one attached hydrogen (secondary N) is 1. The van der Waals surface area contributed by atoms with Crippen LogP contribution in [0.25, 0.3) is 11.4 Å². The van der Waals surface area contributed by atoms with Crippen LogP contribution in [0.5, 0.6) is 0 Å². The van der Waals surface area contributed by atoms with E-state index in [0.29, 0.717) is 29.4 Å². The van der Waals surface area contributed by atoms with Crippen molar-refractivity contribution >= 4 is 23.4 Å². The number of hydrogen-bond acceptors (Lipinski definition) is 4. The lowest BCUT2D eigenvalue weighted by atomic mass is 9.85. The molecule has 0 unspecified atom stereocenters. The summed E-state index contributed by atoms with van der Waals surface area (Å²) in [6.45, 7) is 7.30. The lowest BCUT2D eigenvalue weighted by molar-refractivity contribution is -0.169. The van der Waals surface area contributed by atoms with Crippen molar-refractivity contribution in [2.45, 2.75) is 59.2 Å². The molecule has 0 radical (unpaired) electrons. The molecule has 0 bridgehead atoms. The van der Waals surface area contributed by atoms with Gasteiger partial charge in [0.05, 0.1) is 24.3 Å². The van der Waals surface area contributed by atoms with Gasteiger partial charge in [0.25, 0.3) is 11.8 Å². The van der Waals surface area contributed by atoms with E-state index < -0.39 is 48.1 Å². The third-order valence-corrected chi connectivity index (χ3v) is 7.07. The molecule has 2 aromatic rings. The van der Waals surface area contributed by atoms with E-state index in [4.69, 9.17) is 11.6 Å². The summed E-state index contributed by atoms with van der Waals surface area (Å²) < 4.78 is 43.7. The summed E-state index contributed by atoms with van der Waals surface area (Å²) in [6, 6.07) is 1.79. The molecule has 3 heterocycles. The summed E-state index contributed by atoms with van der Waals surface area (Å²) in [7, 11) is 1.92. The maximum absolute atomic E-state index is 15.0. The highest BCUT2D eigenvalue weighted by molar-refractivity contribution is 6.31. The lowest BCUT2D eigenvalue weighted by Gasteiger charge is -2.43. The van der Waals surface area contributed by atoms with Crippen LogP contribution < -0.4 is 5.32 Å². The number of aromatic nitrogens is 2. The van der Waals surface area contributed by atoms with Crippen molar-refractivity contribution < 1.29 is 22.8 Å². The second-order valence-corrected chi connectivity index (χ2v) is 11.3. The minimum Gasteiger partial charge on any atom is -0.338 e. The average Bonchev–Trinajstić information content (AvgIpc) is 2.97. The number of nitrogens with zero attached hydrogens (tertiary/aromatic N) is 4. The van der Waals surface area contributed by atoms with Gasteiger partial charge in [-0.2, -0.15) is 0 Å². The molecule has 7 nitrogen and oxygen atoms in total. The molecule has 1 atom stereocenters. The van der Waals surface area contributed by atoms with E-state index in [1.54, 1.807) is 27.7 Å². The van der Waals surface area contributed by atoms with Crippen LogP contribution in [-0.4, -0.2) is 69.8 Å². The Labute approximate surface area is 213 Å². The van der Waals surface area contributed by atoms with Gasteiger partial charge in [0, 0.05) is 18.1 Å². The number of carbonyl (C=O) groups is 2. The van der Waals surface area contributed by atoms with Crippen LogP contribution in [0.1, 0.15) is 48.9 Å². The normalized spacial score (nSPS) is 18.8. The van der Waals surface area contributed by atoms with Crippen molar-refractivity contribution in [3.63, 3.8) is 0 Å². The maximum Gasteiger partial charge on any atom is 0.282 e. The number of imidazole rings is 1. The fraction of sp³-hybridized carbons (Fsp3) is 0.560. The molecule has 1 saturated heterocycles. The lowest BCUT2D eigenvalue weighted by Crippen LogP contribution is -2.64. The van der Waals surface area contributed by atoms with Crippen molar-refractivity contribution in [1.82, 2.24) is 24.7 Å². The van der Waals surface area contributed by atoms with E-state index in [2.05, 4.69) is 10.3 Å². The standard InChI is InChI=1S/C25H31ClF3N5O2/c1-14-9-17(27)15(10-16(14)26)21-30-19(18-11-32(5)7-6-8-34(18)21)22(35)31-20(24(2,3)4)23(36)33-12-25(28,29)13-33/h9-10,20H,6-8,11-13H2,1-5H3,(H,31,35)/t20-/m1/s1. The molecule has 0 saturated carbocycles. The Morgan fingerprint density at radius 3 is 2.47 bits per heavy atom. The first-order valence-electron chi connectivity index (χ1n) is 11.9. The number of aryl methyl sites for hydroxylation is 1. The molecular formula is C25H31ClF3N5O2. The predicted octanol–water partition coefficient (Wildman–Crippen LogP) is 4.11. The minimum atomic E-state index is -2.91. The van der Waals surface area contributed by atoms with E-state index in [-0.39, 0.29) is 17.1 Å². The van der Waals surface area contributed by atoms with Gasteiger partial charge in [-0.05, 0) is 50.0 Å². The second-order valence-electron chi connectivity index (χ2n) is 10.9. The number of amides is 2. The number of alkyl halides is 2. The van der Waals surface area contributed by atoms with Gasteiger partial charge in [-0.3, -0.25) is 9.59 Å². The minimum absolute atomic E-state index is 0.0748. The summed E-state index contributed by atoms with van der Waals surface area (Å²) in [5, 5.41) is 3.13. The number of rotatable bonds is 4. The number of benzene rings is 1. The van der Waals surface area contributed by atoms with Crippen molar-refractivity contribution in [1.29, 1.82) is 0 Å². The average molecular weight is 526 g/mol. The van der Waals surface area contributed by atoms with Gasteiger partial charge < -0.3 is 19.7 Å². The molecule has 0 aliphatic carbocycles. The highest BCUT2D eigenvalue weighted by atomic mass is 35.5. The first-order chi connectivity index (χ1) is 16.7. The fourth-order valence-electron chi connectivity index (χ4n) is 4.62. The fourth-order valence-corrected chi connectivity index (χ4v) is 4.79. The zero-order chi connectivity index (χ0) is 26.6. The zero-order valence-electron chi connectivity index (χ0n) is 21.1. The topological polar surface area (TPSA) is 70.5 Å².